The highest BCUT2D eigenvalue weighted by Crippen LogP contribution is 2.34. The molecule has 5 heteroatoms. The van der Waals surface area contributed by atoms with Gasteiger partial charge in [-0.15, -0.1) is 11.3 Å². The summed E-state index contributed by atoms with van der Waals surface area (Å²) in [6, 6.07) is 0. The molecule has 0 bridgehead atoms. The molecule has 0 aromatic carbocycles. The molecule has 17 heavy (non-hydrogen) atoms. The van der Waals surface area contributed by atoms with Crippen LogP contribution in [0.25, 0.3) is 10.2 Å². The Morgan fingerprint density at radius 1 is 1.41 bits per heavy atom. The molecule has 2 rings (SSSR count). The van der Waals surface area contributed by atoms with Gasteiger partial charge in [-0.05, 0) is 34.9 Å². The quantitative estimate of drug-likeness (QED) is 0.842. The number of rotatable bonds is 4. The number of nitrogens with zero attached hydrogens (tertiary/aromatic N) is 2. The molecule has 3 nitrogen and oxygen atoms in total. The Morgan fingerprint density at radius 2 is 2.18 bits per heavy atom. The van der Waals surface area contributed by atoms with E-state index in [2.05, 4.69) is 41.4 Å². The average Bonchev–Trinajstić information content (AvgIpc) is 2.69. The van der Waals surface area contributed by atoms with Gasteiger partial charge >= 0.3 is 0 Å². The van der Waals surface area contributed by atoms with Gasteiger partial charge in [0.25, 0.3) is 0 Å². The highest BCUT2D eigenvalue weighted by atomic mass is 35.5. The van der Waals surface area contributed by atoms with Gasteiger partial charge in [-0.25, -0.2) is 9.97 Å². The van der Waals surface area contributed by atoms with Crippen LogP contribution in [0.2, 0.25) is 5.28 Å². The monoisotopic (exact) mass is 269 g/mol. The smallest absolute Gasteiger partial charge is 0.225 e. The van der Waals surface area contributed by atoms with Crippen LogP contribution in [0.5, 0.6) is 0 Å². The van der Waals surface area contributed by atoms with Crippen LogP contribution in [0, 0.1) is 0 Å². The van der Waals surface area contributed by atoms with Crippen molar-refractivity contribution in [2.75, 3.05) is 11.9 Å². The van der Waals surface area contributed by atoms with Crippen LogP contribution in [0.15, 0.2) is 5.38 Å². The average molecular weight is 270 g/mol. The Hall–Kier alpha value is -0.870. The van der Waals surface area contributed by atoms with E-state index in [-0.39, 0.29) is 0 Å². The van der Waals surface area contributed by atoms with E-state index in [0.717, 1.165) is 29.0 Å². The van der Waals surface area contributed by atoms with E-state index >= 15 is 0 Å². The van der Waals surface area contributed by atoms with Crippen LogP contribution in [0.4, 0.5) is 5.82 Å². The van der Waals surface area contributed by atoms with Crippen molar-refractivity contribution in [3.05, 3.63) is 16.2 Å². The van der Waals surface area contributed by atoms with Gasteiger partial charge in [-0.2, -0.15) is 0 Å². The second-order valence-corrected chi connectivity index (χ2v) is 5.49. The van der Waals surface area contributed by atoms with Gasteiger partial charge < -0.3 is 5.32 Å². The number of aromatic nitrogens is 2. The van der Waals surface area contributed by atoms with E-state index in [4.69, 9.17) is 11.6 Å². The molecule has 92 valence electrons. The Balaban J connectivity index is 2.57. The first-order valence-electron chi connectivity index (χ1n) is 5.82. The van der Waals surface area contributed by atoms with Gasteiger partial charge in [-0.3, -0.25) is 0 Å². The molecular weight excluding hydrogens is 254 g/mol. The maximum absolute atomic E-state index is 5.94. The third kappa shape index (κ3) is 2.53. The zero-order chi connectivity index (χ0) is 12.4. The molecule has 0 amide bonds. The summed E-state index contributed by atoms with van der Waals surface area (Å²) in [5.41, 5.74) is 1.29. The van der Waals surface area contributed by atoms with Gasteiger partial charge in [0.1, 0.15) is 10.6 Å². The Labute approximate surface area is 110 Å². The van der Waals surface area contributed by atoms with E-state index < -0.39 is 0 Å². The third-order valence-electron chi connectivity index (χ3n) is 2.60. The Kier molecular flexibility index (Phi) is 3.84. The molecule has 0 spiro atoms. The van der Waals surface area contributed by atoms with Crippen molar-refractivity contribution in [1.82, 2.24) is 9.97 Å². The molecule has 0 aliphatic heterocycles. The highest BCUT2D eigenvalue weighted by Gasteiger charge is 2.14. The maximum atomic E-state index is 5.94. The molecule has 0 unspecified atom stereocenters. The standard InChI is InChI=1S/C12H16ClN3S/c1-4-5-14-10-9-8(7(2)3)6-17-11(9)16-12(13)15-10/h6-7H,4-5H2,1-3H3,(H,14,15,16). The molecule has 2 aromatic rings. The normalized spacial score (nSPS) is 11.4. The summed E-state index contributed by atoms with van der Waals surface area (Å²) >= 11 is 7.56. The minimum atomic E-state index is 0.313. The van der Waals surface area contributed by atoms with Gasteiger partial charge in [0.2, 0.25) is 5.28 Å². The van der Waals surface area contributed by atoms with Crippen molar-refractivity contribution < 1.29 is 0 Å². The predicted octanol–water partition coefficient (Wildman–Crippen LogP) is 4.29. The van der Waals surface area contributed by atoms with Crippen molar-refractivity contribution in [1.29, 1.82) is 0 Å². The van der Waals surface area contributed by atoms with Crippen LogP contribution in [0.3, 0.4) is 0 Å². The summed E-state index contributed by atoms with van der Waals surface area (Å²) in [5, 5.41) is 6.92. The van der Waals surface area contributed by atoms with Crippen LogP contribution in [0.1, 0.15) is 38.7 Å². The first-order valence-corrected chi connectivity index (χ1v) is 7.07. The predicted molar refractivity (Wildman–Crippen MR) is 75.3 cm³/mol. The lowest BCUT2D eigenvalue weighted by atomic mass is 10.0. The summed E-state index contributed by atoms with van der Waals surface area (Å²) in [5.74, 6) is 1.34. The first kappa shape index (κ1) is 12.6. The van der Waals surface area contributed by atoms with Gasteiger partial charge in [0.05, 0.1) is 5.39 Å². The van der Waals surface area contributed by atoms with Crippen molar-refractivity contribution in [3.63, 3.8) is 0 Å². The van der Waals surface area contributed by atoms with Crippen molar-refractivity contribution in [3.8, 4) is 0 Å². The minimum absolute atomic E-state index is 0.313. The second-order valence-electron chi connectivity index (χ2n) is 4.29. The number of halogens is 1. The second kappa shape index (κ2) is 5.19. The minimum Gasteiger partial charge on any atom is -0.369 e. The molecule has 0 saturated heterocycles. The topological polar surface area (TPSA) is 37.8 Å². The number of fused-ring (bicyclic) bond motifs is 1. The molecular formula is C12H16ClN3S. The molecule has 0 saturated carbocycles. The van der Waals surface area contributed by atoms with Crippen LogP contribution in [-0.4, -0.2) is 16.5 Å². The Morgan fingerprint density at radius 3 is 2.82 bits per heavy atom. The fourth-order valence-electron chi connectivity index (χ4n) is 1.73. The number of thiophene rings is 1. The fraction of sp³-hybridized carbons (Fsp3) is 0.500. The van der Waals surface area contributed by atoms with Crippen molar-refractivity contribution in [2.45, 2.75) is 33.1 Å². The largest absolute Gasteiger partial charge is 0.369 e. The summed E-state index contributed by atoms with van der Waals surface area (Å²) in [4.78, 5) is 9.55. The number of hydrogen-bond acceptors (Lipinski definition) is 4. The SMILES string of the molecule is CCCNc1nc(Cl)nc2scc(C(C)C)c12. The number of nitrogens with one attached hydrogen (secondary N) is 1. The lowest BCUT2D eigenvalue weighted by molar-refractivity contribution is 0.879. The van der Waals surface area contributed by atoms with Crippen molar-refractivity contribution >= 4 is 39.0 Å². The van der Waals surface area contributed by atoms with E-state index in [1.807, 2.05) is 0 Å². The molecule has 0 fully saturated rings. The van der Waals surface area contributed by atoms with Crippen LogP contribution < -0.4 is 5.32 Å². The molecule has 2 aromatic heterocycles. The maximum Gasteiger partial charge on any atom is 0.225 e. The van der Waals surface area contributed by atoms with Gasteiger partial charge in [-0.1, -0.05) is 20.8 Å². The zero-order valence-electron chi connectivity index (χ0n) is 10.2. The molecule has 1 N–H and O–H groups in total. The van der Waals surface area contributed by atoms with Gasteiger partial charge in [0, 0.05) is 6.54 Å². The van der Waals surface area contributed by atoms with E-state index in [1.54, 1.807) is 11.3 Å². The third-order valence-corrected chi connectivity index (χ3v) is 3.66. The van der Waals surface area contributed by atoms with Crippen molar-refractivity contribution in [2.24, 2.45) is 0 Å². The molecule has 2 heterocycles. The lowest BCUT2D eigenvalue weighted by Gasteiger charge is -2.09. The molecule has 0 aliphatic rings. The number of anilines is 1. The van der Waals surface area contributed by atoms with Crippen LogP contribution in [-0.2, 0) is 0 Å². The Bertz CT molecular complexity index is 522. The summed E-state index contributed by atoms with van der Waals surface area (Å²) in [6.07, 6.45) is 1.06. The lowest BCUT2D eigenvalue weighted by Crippen LogP contribution is -2.04. The summed E-state index contributed by atoms with van der Waals surface area (Å²) in [7, 11) is 0. The molecule has 0 aliphatic carbocycles. The van der Waals surface area contributed by atoms with Crippen LogP contribution >= 0.6 is 22.9 Å². The molecule has 0 atom stereocenters. The first-order chi connectivity index (χ1) is 8.13. The summed E-state index contributed by atoms with van der Waals surface area (Å²) < 4.78 is 0. The zero-order valence-corrected chi connectivity index (χ0v) is 11.8. The van der Waals surface area contributed by atoms with Gasteiger partial charge in [0.15, 0.2) is 0 Å². The highest BCUT2D eigenvalue weighted by molar-refractivity contribution is 7.17. The summed E-state index contributed by atoms with van der Waals surface area (Å²) in [6.45, 7) is 7.39. The van der Waals surface area contributed by atoms with E-state index in [9.17, 15) is 0 Å². The molecule has 0 radical (unpaired) electrons. The number of hydrogen-bond donors (Lipinski definition) is 1. The van der Waals surface area contributed by atoms with E-state index in [1.165, 1.54) is 5.56 Å². The van der Waals surface area contributed by atoms with E-state index in [0.29, 0.717) is 11.2 Å². The fourth-order valence-corrected chi connectivity index (χ4v) is 3.05.